The van der Waals surface area contributed by atoms with Crippen LogP contribution in [-0.2, 0) is 9.53 Å². The van der Waals surface area contributed by atoms with E-state index >= 15 is 0 Å². The standard InChI is InChI=1S/C13H18N2O3/c1-3-4-11(13(17)18-2)15-12(16)9-5-7-10(14)8-6-9/h5-8,11H,3-4,14H2,1-2H3,(H,15,16). The van der Waals surface area contributed by atoms with Crippen LogP contribution in [0.4, 0.5) is 5.69 Å². The van der Waals surface area contributed by atoms with Crippen LogP contribution < -0.4 is 11.1 Å². The molecule has 0 aliphatic carbocycles. The van der Waals surface area contributed by atoms with Crippen molar-refractivity contribution in [3.63, 3.8) is 0 Å². The number of carbonyl (C=O) groups excluding carboxylic acids is 2. The van der Waals surface area contributed by atoms with Crippen LogP contribution in [0.3, 0.4) is 0 Å². The average molecular weight is 250 g/mol. The molecule has 0 spiro atoms. The summed E-state index contributed by atoms with van der Waals surface area (Å²) in [5.74, 6) is -0.737. The van der Waals surface area contributed by atoms with Gasteiger partial charge < -0.3 is 15.8 Å². The lowest BCUT2D eigenvalue weighted by Gasteiger charge is -2.15. The Balaban J connectivity index is 2.71. The van der Waals surface area contributed by atoms with Gasteiger partial charge in [0.15, 0.2) is 0 Å². The molecule has 0 saturated heterocycles. The van der Waals surface area contributed by atoms with Crippen molar-refractivity contribution in [1.82, 2.24) is 5.32 Å². The maximum Gasteiger partial charge on any atom is 0.328 e. The molecule has 1 aromatic carbocycles. The lowest BCUT2D eigenvalue weighted by molar-refractivity contribution is -0.143. The van der Waals surface area contributed by atoms with E-state index in [9.17, 15) is 9.59 Å². The number of nitrogen functional groups attached to an aromatic ring is 1. The zero-order valence-electron chi connectivity index (χ0n) is 10.6. The van der Waals surface area contributed by atoms with Crippen LogP contribution in [0.1, 0.15) is 30.1 Å². The molecule has 98 valence electrons. The summed E-state index contributed by atoms with van der Waals surface area (Å²) in [6, 6.07) is 5.91. The van der Waals surface area contributed by atoms with Crippen molar-refractivity contribution in [2.75, 3.05) is 12.8 Å². The second-order valence-corrected chi connectivity index (χ2v) is 3.96. The number of hydrogen-bond acceptors (Lipinski definition) is 4. The highest BCUT2D eigenvalue weighted by molar-refractivity contribution is 5.97. The van der Waals surface area contributed by atoms with Crippen LogP contribution in [0.25, 0.3) is 0 Å². The van der Waals surface area contributed by atoms with E-state index in [-0.39, 0.29) is 5.91 Å². The highest BCUT2D eigenvalue weighted by Gasteiger charge is 2.20. The minimum Gasteiger partial charge on any atom is -0.467 e. The Hall–Kier alpha value is -2.04. The lowest BCUT2D eigenvalue weighted by Crippen LogP contribution is -2.41. The molecule has 1 unspecified atom stereocenters. The Morgan fingerprint density at radius 2 is 1.94 bits per heavy atom. The molecule has 1 atom stereocenters. The van der Waals surface area contributed by atoms with Gasteiger partial charge in [-0.25, -0.2) is 4.79 Å². The average Bonchev–Trinajstić information content (AvgIpc) is 2.38. The van der Waals surface area contributed by atoms with E-state index in [2.05, 4.69) is 10.1 Å². The van der Waals surface area contributed by atoms with Crippen molar-refractivity contribution >= 4 is 17.6 Å². The minimum atomic E-state index is -0.606. The first kappa shape index (κ1) is 14.0. The molecule has 5 heteroatoms. The molecule has 18 heavy (non-hydrogen) atoms. The lowest BCUT2D eigenvalue weighted by atomic mass is 10.1. The number of carbonyl (C=O) groups is 2. The zero-order chi connectivity index (χ0) is 13.5. The number of anilines is 1. The molecular formula is C13H18N2O3. The number of methoxy groups -OCH3 is 1. The fraction of sp³-hybridized carbons (Fsp3) is 0.385. The number of hydrogen-bond donors (Lipinski definition) is 2. The third-order valence-electron chi connectivity index (χ3n) is 2.54. The summed E-state index contributed by atoms with van der Waals surface area (Å²) in [5.41, 5.74) is 6.59. The molecule has 0 bridgehead atoms. The second kappa shape index (κ2) is 6.64. The third kappa shape index (κ3) is 3.76. The zero-order valence-corrected chi connectivity index (χ0v) is 10.6. The summed E-state index contributed by atoms with van der Waals surface area (Å²) < 4.78 is 4.65. The third-order valence-corrected chi connectivity index (χ3v) is 2.54. The summed E-state index contributed by atoms with van der Waals surface area (Å²) in [4.78, 5) is 23.4. The van der Waals surface area contributed by atoms with Crippen LogP contribution >= 0.6 is 0 Å². The molecule has 0 fully saturated rings. The van der Waals surface area contributed by atoms with E-state index in [0.717, 1.165) is 6.42 Å². The van der Waals surface area contributed by atoms with Gasteiger partial charge >= 0.3 is 5.97 Å². The van der Waals surface area contributed by atoms with Gasteiger partial charge in [0.2, 0.25) is 0 Å². The fourth-order valence-corrected chi connectivity index (χ4v) is 1.56. The minimum absolute atomic E-state index is 0.307. The number of rotatable bonds is 5. The summed E-state index contributed by atoms with van der Waals surface area (Å²) >= 11 is 0. The molecule has 5 nitrogen and oxygen atoms in total. The van der Waals surface area contributed by atoms with Crippen LogP contribution in [0.2, 0.25) is 0 Å². The van der Waals surface area contributed by atoms with Crippen molar-refractivity contribution in [2.45, 2.75) is 25.8 Å². The molecular weight excluding hydrogens is 232 g/mol. The molecule has 0 aromatic heterocycles. The van der Waals surface area contributed by atoms with E-state index in [0.29, 0.717) is 17.7 Å². The Bertz CT molecular complexity index is 415. The van der Waals surface area contributed by atoms with Gasteiger partial charge in [0.05, 0.1) is 7.11 Å². The summed E-state index contributed by atoms with van der Waals surface area (Å²) in [5, 5.41) is 2.65. The summed E-state index contributed by atoms with van der Waals surface area (Å²) in [6.45, 7) is 1.94. The first-order valence-corrected chi connectivity index (χ1v) is 5.82. The summed E-state index contributed by atoms with van der Waals surface area (Å²) in [7, 11) is 1.31. The number of benzene rings is 1. The second-order valence-electron chi connectivity index (χ2n) is 3.96. The summed E-state index contributed by atoms with van der Waals surface area (Å²) in [6.07, 6.45) is 1.33. The van der Waals surface area contributed by atoms with E-state index in [1.807, 2.05) is 6.92 Å². The maximum absolute atomic E-state index is 11.9. The fourth-order valence-electron chi connectivity index (χ4n) is 1.56. The first-order chi connectivity index (χ1) is 8.58. The van der Waals surface area contributed by atoms with Gasteiger partial charge in [-0.2, -0.15) is 0 Å². The molecule has 1 aromatic rings. The van der Waals surface area contributed by atoms with E-state index in [4.69, 9.17) is 5.73 Å². The van der Waals surface area contributed by atoms with Gasteiger partial charge in [0, 0.05) is 11.3 Å². The monoisotopic (exact) mass is 250 g/mol. The van der Waals surface area contributed by atoms with Crippen LogP contribution in [-0.4, -0.2) is 25.0 Å². The van der Waals surface area contributed by atoms with Gasteiger partial charge in [0.1, 0.15) is 6.04 Å². The van der Waals surface area contributed by atoms with Gasteiger partial charge in [-0.15, -0.1) is 0 Å². The van der Waals surface area contributed by atoms with Crippen molar-refractivity contribution in [3.8, 4) is 0 Å². The largest absolute Gasteiger partial charge is 0.467 e. The number of ether oxygens (including phenoxy) is 1. The van der Waals surface area contributed by atoms with Gasteiger partial charge in [-0.3, -0.25) is 4.79 Å². The number of esters is 1. The highest BCUT2D eigenvalue weighted by Crippen LogP contribution is 2.07. The van der Waals surface area contributed by atoms with Gasteiger partial charge in [-0.05, 0) is 30.7 Å². The number of amides is 1. The number of nitrogens with two attached hydrogens (primary N) is 1. The normalized spacial score (nSPS) is 11.7. The number of nitrogens with one attached hydrogen (secondary N) is 1. The molecule has 1 rings (SSSR count). The molecule has 0 saturated carbocycles. The Morgan fingerprint density at radius 3 is 2.44 bits per heavy atom. The van der Waals surface area contributed by atoms with Crippen molar-refractivity contribution in [1.29, 1.82) is 0 Å². The molecule has 3 N–H and O–H groups in total. The molecule has 0 aliphatic heterocycles. The molecule has 1 amide bonds. The Morgan fingerprint density at radius 1 is 1.33 bits per heavy atom. The van der Waals surface area contributed by atoms with Gasteiger partial charge in [0.25, 0.3) is 5.91 Å². The Kier molecular flexibility index (Phi) is 5.17. The van der Waals surface area contributed by atoms with E-state index in [1.165, 1.54) is 7.11 Å². The topological polar surface area (TPSA) is 81.4 Å². The smallest absolute Gasteiger partial charge is 0.328 e. The Labute approximate surface area is 106 Å². The molecule has 0 radical (unpaired) electrons. The highest BCUT2D eigenvalue weighted by atomic mass is 16.5. The maximum atomic E-state index is 11.9. The van der Waals surface area contributed by atoms with Crippen molar-refractivity contribution in [2.24, 2.45) is 0 Å². The SMILES string of the molecule is CCCC(NC(=O)c1ccc(N)cc1)C(=O)OC. The van der Waals surface area contributed by atoms with E-state index in [1.54, 1.807) is 24.3 Å². The molecule has 0 aliphatic rings. The first-order valence-electron chi connectivity index (χ1n) is 5.82. The molecule has 0 heterocycles. The predicted octanol–water partition coefficient (Wildman–Crippen LogP) is 1.34. The quantitative estimate of drug-likeness (QED) is 0.610. The van der Waals surface area contributed by atoms with Crippen molar-refractivity contribution in [3.05, 3.63) is 29.8 Å². The van der Waals surface area contributed by atoms with Crippen molar-refractivity contribution < 1.29 is 14.3 Å². The van der Waals surface area contributed by atoms with Crippen LogP contribution in [0.15, 0.2) is 24.3 Å². The van der Waals surface area contributed by atoms with Crippen LogP contribution in [0.5, 0.6) is 0 Å². The predicted molar refractivity (Wildman–Crippen MR) is 69.0 cm³/mol. The van der Waals surface area contributed by atoms with E-state index < -0.39 is 12.0 Å². The van der Waals surface area contributed by atoms with Gasteiger partial charge in [-0.1, -0.05) is 13.3 Å². The van der Waals surface area contributed by atoms with Crippen LogP contribution in [0, 0.1) is 0 Å².